The number of carbonyl (C=O) groups excluding carboxylic acids is 1. The van der Waals surface area contributed by atoms with E-state index in [0.717, 1.165) is 54.0 Å². The van der Waals surface area contributed by atoms with Crippen LogP contribution in [0.1, 0.15) is 85.2 Å². The lowest BCUT2D eigenvalue weighted by molar-refractivity contribution is -0.146. The molecule has 0 aromatic carbocycles. The number of hydrogen-bond donors (Lipinski definition) is 0. The largest absolute Gasteiger partial charge is 0.498 e. The Morgan fingerprint density at radius 2 is 1.56 bits per heavy atom. The Morgan fingerprint density at radius 1 is 1.03 bits per heavy atom. The summed E-state index contributed by atoms with van der Waals surface area (Å²) in [4.78, 5) is 19.9. The third kappa shape index (κ3) is 4.99. The van der Waals surface area contributed by atoms with Gasteiger partial charge in [-0.25, -0.2) is 0 Å². The second-order valence-electron chi connectivity index (χ2n) is 11.5. The lowest BCUT2D eigenvalue weighted by atomic mass is 9.74. The Morgan fingerprint density at radius 3 is 2.06 bits per heavy atom. The van der Waals surface area contributed by atoms with Crippen LogP contribution >= 0.6 is 0 Å². The van der Waals surface area contributed by atoms with Gasteiger partial charge >= 0.3 is 13.1 Å². The first-order valence-corrected chi connectivity index (χ1v) is 11.9. The van der Waals surface area contributed by atoms with Crippen molar-refractivity contribution in [2.75, 3.05) is 18.0 Å². The standard InChI is InChI=1S/C25H41BN2O4/c1-16(2)30-20(29)15-19-17(3)27-18(4)21(26-31-24(7,8)25(9,10)32-26)22(19)28-13-11-23(5,6)12-14-28/h16H,11-15H2,1-10H3. The quantitative estimate of drug-likeness (QED) is 0.503. The predicted molar refractivity (Wildman–Crippen MR) is 130 cm³/mol. The fourth-order valence-electron chi connectivity index (χ4n) is 4.49. The number of pyridine rings is 1. The molecule has 2 fully saturated rings. The van der Waals surface area contributed by atoms with Crippen LogP contribution in [0.5, 0.6) is 0 Å². The van der Waals surface area contributed by atoms with Gasteiger partial charge in [0.15, 0.2) is 0 Å². The lowest BCUT2D eigenvalue weighted by Gasteiger charge is -2.40. The molecule has 0 amide bonds. The Kier molecular flexibility index (Phi) is 6.76. The van der Waals surface area contributed by atoms with E-state index in [2.05, 4.69) is 46.4 Å². The molecule has 2 aliphatic rings. The number of aryl methyl sites for hydroxylation is 2. The number of hydrogen-bond acceptors (Lipinski definition) is 6. The van der Waals surface area contributed by atoms with Crippen LogP contribution < -0.4 is 10.4 Å². The first-order valence-electron chi connectivity index (χ1n) is 11.9. The zero-order chi connectivity index (χ0) is 24.1. The summed E-state index contributed by atoms with van der Waals surface area (Å²) >= 11 is 0. The van der Waals surface area contributed by atoms with Crippen molar-refractivity contribution in [3.8, 4) is 0 Å². The van der Waals surface area contributed by atoms with Crippen LogP contribution in [0.15, 0.2) is 0 Å². The average molecular weight is 444 g/mol. The summed E-state index contributed by atoms with van der Waals surface area (Å²) in [6, 6.07) is 0. The molecule has 0 unspecified atom stereocenters. The van der Waals surface area contributed by atoms with Crippen molar-refractivity contribution in [3.63, 3.8) is 0 Å². The van der Waals surface area contributed by atoms with Crippen molar-refractivity contribution < 1.29 is 18.8 Å². The van der Waals surface area contributed by atoms with Gasteiger partial charge in [0.1, 0.15) is 0 Å². The van der Waals surface area contributed by atoms with Crippen molar-refractivity contribution in [2.45, 2.75) is 106 Å². The third-order valence-electron chi connectivity index (χ3n) is 7.31. The molecular formula is C25H41BN2O4. The van der Waals surface area contributed by atoms with Gasteiger partial charge in [0.25, 0.3) is 0 Å². The topological polar surface area (TPSA) is 60.9 Å². The maximum atomic E-state index is 12.7. The Bertz CT molecular complexity index is 853. The highest BCUT2D eigenvalue weighted by atomic mass is 16.7. The van der Waals surface area contributed by atoms with Gasteiger partial charge in [-0.15, -0.1) is 0 Å². The number of anilines is 1. The SMILES string of the molecule is Cc1nc(C)c(B2OC(C)(C)C(C)(C)O2)c(N2CCC(C)(C)CC2)c1CC(=O)OC(C)C. The number of carbonyl (C=O) groups is 1. The van der Waals surface area contributed by atoms with Gasteiger partial charge in [-0.1, -0.05) is 13.8 Å². The summed E-state index contributed by atoms with van der Waals surface area (Å²) in [7, 11) is -0.530. The van der Waals surface area contributed by atoms with Crippen LogP contribution in [0, 0.1) is 19.3 Å². The summed E-state index contributed by atoms with van der Waals surface area (Å²) in [5.41, 5.74) is 4.08. The Hall–Kier alpha value is -1.60. The summed E-state index contributed by atoms with van der Waals surface area (Å²) < 4.78 is 18.4. The zero-order valence-electron chi connectivity index (χ0n) is 21.7. The van der Waals surface area contributed by atoms with E-state index in [0.29, 0.717) is 5.41 Å². The van der Waals surface area contributed by atoms with Crippen molar-refractivity contribution in [1.29, 1.82) is 0 Å². The van der Waals surface area contributed by atoms with E-state index in [9.17, 15) is 4.79 Å². The maximum Gasteiger partial charge on any atom is 0.498 e. The normalized spacial score (nSPS) is 21.8. The van der Waals surface area contributed by atoms with Crippen LogP contribution in [0.3, 0.4) is 0 Å². The molecule has 2 aliphatic heterocycles. The van der Waals surface area contributed by atoms with E-state index >= 15 is 0 Å². The van der Waals surface area contributed by atoms with Gasteiger partial charge in [-0.05, 0) is 73.6 Å². The summed E-state index contributed by atoms with van der Waals surface area (Å²) in [5.74, 6) is -0.229. The minimum Gasteiger partial charge on any atom is -0.463 e. The molecule has 7 heteroatoms. The van der Waals surface area contributed by atoms with Gasteiger partial charge < -0.3 is 18.9 Å². The molecule has 0 saturated carbocycles. The lowest BCUT2D eigenvalue weighted by Crippen LogP contribution is -2.46. The van der Waals surface area contributed by atoms with Crippen molar-refractivity contribution in [1.82, 2.24) is 4.98 Å². The number of piperidine rings is 1. The summed E-state index contributed by atoms with van der Waals surface area (Å²) in [6.45, 7) is 22.5. The van der Waals surface area contributed by atoms with Gasteiger partial charge in [0, 0.05) is 41.2 Å². The second-order valence-corrected chi connectivity index (χ2v) is 11.5. The highest BCUT2D eigenvalue weighted by Crippen LogP contribution is 2.39. The average Bonchev–Trinajstić information content (AvgIpc) is 2.83. The first kappa shape index (κ1) is 25.0. The van der Waals surface area contributed by atoms with Crippen molar-refractivity contribution >= 4 is 24.2 Å². The molecule has 0 bridgehead atoms. The predicted octanol–water partition coefficient (Wildman–Crippen LogP) is 4.12. The van der Waals surface area contributed by atoms with E-state index in [4.69, 9.17) is 19.0 Å². The summed E-state index contributed by atoms with van der Waals surface area (Å²) in [5, 5.41) is 0. The van der Waals surface area contributed by atoms with Gasteiger partial charge in [-0.3, -0.25) is 9.78 Å². The van der Waals surface area contributed by atoms with Gasteiger partial charge in [0.05, 0.1) is 23.7 Å². The molecule has 32 heavy (non-hydrogen) atoms. The monoisotopic (exact) mass is 444 g/mol. The van der Waals surface area contributed by atoms with E-state index in [-0.39, 0.29) is 18.5 Å². The third-order valence-corrected chi connectivity index (χ3v) is 7.31. The summed E-state index contributed by atoms with van der Waals surface area (Å²) in [6.07, 6.45) is 2.22. The zero-order valence-corrected chi connectivity index (χ0v) is 21.7. The molecule has 0 spiro atoms. The molecular weight excluding hydrogens is 403 g/mol. The molecule has 1 aromatic heterocycles. The molecule has 0 radical (unpaired) electrons. The number of aromatic nitrogens is 1. The number of rotatable bonds is 5. The molecule has 3 heterocycles. The fourth-order valence-corrected chi connectivity index (χ4v) is 4.49. The molecule has 6 nitrogen and oxygen atoms in total. The van der Waals surface area contributed by atoms with Crippen LogP contribution in [-0.4, -0.2) is 48.5 Å². The molecule has 178 valence electrons. The van der Waals surface area contributed by atoms with Crippen LogP contribution in [0.25, 0.3) is 0 Å². The van der Waals surface area contributed by atoms with E-state index < -0.39 is 18.3 Å². The first-order chi connectivity index (χ1) is 14.6. The van der Waals surface area contributed by atoms with Crippen molar-refractivity contribution in [3.05, 3.63) is 17.0 Å². The minimum atomic E-state index is -0.530. The number of ether oxygens (including phenoxy) is 1. The minimum absolute atomic E-state index is 0.150. The molecule has 3 rings (SSSR count). The van der Waals surface area contributed by atoms with E-state index in [1.54, 1.807) is 0 Å². The fraction of sp³-hybridized carbons (Fsp3) is 0.760. The van der Waals surface area contributed by atoms with Crippen molar-refractivity contribution in [2.24, 2.45) is 5.41 Å². The van der Waals surface area contributed by atoms with Crippen LogP contribution in [0.4, 0.5) is 5.69 Å². The van der Waals surface area contributed by atoms with Crippen LogP contribution in [-0.2, 0) is 25.3 Å². The maximum absolute atomic E-state index is 12.7. The van der Waals surface area contributed by atoms with E-state index in [1.807, 2.05) is 27.7 Å². The molecule has 0 N–H and O–H groups in total. The van der Waals surface area contributed by atoms with E-state index in [1.165, 1.54) is 0 Å². The Balaban J connectivity index is 2.11. The smallest absolute Gasteiger partial charge is 0.463 e. The highest BCUT2D eigenvalue weighted by Gasteiger charge is 2.53. The molecule has 2 saturated heterocycles. The Labute approximate surface area is 194 Å². The molecule has 1 aromatic rings. The number of nitrogens with zero attached hydrogens (tertiary/aromatic N) is 2. The van der Waals surface area contributed by atoms with Crippen LogP contribution in [0.2, 0.25) is 0 Å². The number of esters is 1. The second kappa shape index (κ2) is 8.64. The van der Waals surface area contributed by atoms with Gasteiger partial charge in [0.2, 0.25) is 0 Å². The molecule has 0 atom stereocenters. The molecule has 0 aliphatic carbocycles. The van der Waals surface area contributed by atoms with Gasteiger partial charge in [-0.2, -0.15) is 0 Å². The highest BCUT2D eigenvalue weighted by molar-refractivity contribution is 6.64.